The molecule has 0 aliphatic heterocycles. The minimum absolute atomic E-state index is 0.0289. The summed E-state index contributed by atoms with van der Waals surface area (Å²) in [7, 11) is 0. The average molecular weight is 299 g/mol. The number of benzene rings is 2. The second-order valence-electron chi connectivity index (χ2n) is 6.12. The second kappa shape index (κ2) is 6.35. The molecule has 0 aromatic heterocycles. The van der Waals surface area contributed by atoms with Gasteiger partial charge in [0.25, 0.3) is 0 Å². The summed E-state index contributed by atoms with van der Waals surface area (Å²) >= 11 is 1.67. The third-order valence-electron chi connectivity index (χ3n) is 3.04. The highest BCUT2D eigenvalue weighted by Crippen LogP contribution is 2.34. The molecule has 0 atom stereocenters. The van der Waals surface area contributed by atoms with Crippen molar-refractivity contribution < 1.29 is 4.79 Å². The zero-order valence-corrected chi connectivity index (χ0v) is 13.8. The first-order valence-electron chi connectivity index (χ1n) is 7.01. The van der Waals surface area contributed by atoms with Crippen molar-refractivity contribution in [3.8, 4) is 0 Å². The minimum atomic E-state index is -0.403. The zero-order chi connectivity index (χ0) is 15.5. The molecule has 1 N–H and O–H groups in total. The van der Waals surface area contributed by atoms with Crippen LogP contribution in [0.3, 0.4) is 0 Å². The first-order valence-corrected chi connectivity index (χ1v) is 7.83. The van der Waals surface area contributed by atoms with Crippen LogP contribution in [0, 0.1) is 12.3 Å². The van der Waals surface area contributed by atoms with Crippen LogP contribution in [-0.2, 0) is 4.79 Å². The van der Waals surface area contributed by atoms with Gasteiger partial charge in [0.1, 0.15) is 0 Å². The molecule has 0 spiro atoms. The number of hydrogen-bond donors (Lipinski definition) is 1. The van der Waals surface area contributed by atoms with Crippen LogP contribution in [0.25, 0.3) is 0 Å². The molecule has 0 saturated heterocycles. The fraction of sp³-hybridized carbons (Fsp3) is 0.278. The first-order chi connectivity index (χ1) is 9.86. The van der Waals surface area contributed by atoms with Gasteiger partial charge in [-0.1, -0.05) is 56.8 Å². The van der Waals surface area contributed by atoms with Crippen molar-refractivity contribution in [2.75, 3.05) is 5.32 Å². The summed E-state index contributed by atoms with van der Waals surface area (Å²) in [5, 5.41) is 3.04. The number of rotatable bonds is 3. The van der Waals surface area contributed by atoms with Crippen LogP contribution in [0.2, 0.25) is 0 Å². The number of anilines is 1. The molecule has 1 amide bonds. The average Bonchev–Trinajstić information content (AvgIpc) is 2.42. The van der Waals surface area contributed by atoms with E-state index >= 15 is 0 Å². The van der Waals surface area contributed by atoms with Gasteiger partial charge in [-0.2, -0.15) is 0 Å². The zero-order valence-electron chi connectivity index (χ0n) is 12.9. The summed E-state index contributed by atoms with van der Waals surface area (Å²) in [6.07, 6.45) is 0. The lowest BCUT2D eigenvalue weighted by atomic mass is 9.95. The maximum atomic E-state index is 12.2. The largest absolute Gasteiger partial charge is 0.325 e. The third kappa shape index (κ3) is 4.36. The first kappa shape index (κ1) is 15.6. The van der Waals surface area contributed by atoms with Crippen molar-refractivity contribution in [1.82, 2.24) is 0 Å². The normalized spacial score (nSPS) is 11.2. The van der Waals surface area contributed by atoms with Gasteiger partial charge in [-0.05, 0) is 36.8 Å². The van der Waals surface area contributed by atoms with Gasteiger partial charge >= 0.3 is 0 Å². The molecule has 2 rings (SSSR count). The number of carbonyl (C=O) groups is 1. The van der Waals surface area contributed by atoms with Gasteiger partial charge in [0.2, 0.25) is 5.91 Å². The molecule has 0 bridgehead atoms. The van der Waals surface area contributed by atoms with Gasteiger partial charge in [0.05, 0.1) is 5.69 Å². The summed E-state index contributed by atoms with van der Waals surface area (Å²) in [4.78, 5) is 14.4. The molecule has 0 saturated carbocycles. The topological polar surface area (TPSA) is 29.1 Å². The van der Waals surface area contributed by atoms with E-state index in [0.29, 0.717) is 0 Å². The summed E-state index contributed by atoms with van der Waals surface area (Å²) in [6.45, 7) is 7.81. The number of aryl methyl sites for hydroxylation is 1. The summed E-state index contributed by atoms with van der Waals surface area (Å²) in [5.41, 5.74) is 1.65. The quantitative estimate of drug-likeness (QED) is 0.851. The molecule has 0 unspecified atom stereocenters. The number of nitrogens with one attached hydrogen (secondary N) is 1. The van der Waals surface area contributed by atoms with Gasteiger partial charge in [-0.3, -0.25) is 4.79 Å². The molecule has 21 heavy (non-hydrogen) atoms. The highest BCUT2D eigenvalue weighted by atomic mass is 32.2. The summed E-state index contributed by atoms with van der Waals surface area (Å²) in [6, 6.07) is 16.3. The van der Waals surface area contributed by atoms with Crippen molar-refractivity contribution in [2.45, 2.75) is 37.5 Å². The molecule has 0 aliphatic carbocycles. The summed E-state index contributed by atoms with van der Waals surface area (Å²) < 4.78 is 0. The number of hydrogen-bond acceptors (Lipinski definition) is 2. The van der Waals surface area contributed by atoms with Crippen molar-refractivity contribution >= 4 is 23.4 Å². The van der Waals surface area contributed by atoms with Gasteiger partial charge in [-0.25, -0.2) is 0 Å². The van der Waals surface area contributed by atoms with Crippen LogP contribution in [0.4, 0.5) is 5.69 Å². The van der Waals surface area contributed by atoms with E-state index in [1.807, 2.05) is 51.1 Å². The molecule has 2 aromatic carbocycles. The molecular weight excluding hydrogens is 278 g/mol. The fourth-order valence-corrected chi connectivity index (χ4v) is 2.76. The maximum absolute atomic E-state index is 12.2. The monoisotopic (exact) mass is 299 g/mol. The molecule has 0 fully saturated rings. The summed E-state index contributed by atoms with van der Waals surface area (Å²) in [5.74, 6) is 0.0289. The van der Waals surface area contributed by atoms with Crippen molar-refractivity contribution in [3.05, 3.63) is 54.1 Å². The van der Waals surface area contributed by atoms with E-state index in [2.05, 4.69) is 30.4 Å². The van der Waals surface area contributed by atoms with Gasteiger partial charge < -0.3 is 5.32 Å². The lowest BCUT2D eigenvalue weighted by molar-refractivity contribution is -0.123. The van der Waals surface area contributed by atoms with E-state index in [0.717, 1.165) is 15.5 Å². The van der Waals surface area contributed by atoms with Crippen LogP contribution < -0.4 is 5.32 Å². The van der Waals surface area contributed by atoms with E-state index in [4.69, 9.17) is 0 Å². The van der Waals surface area contributed by atoms with Crippen LogP contribution >= 0.6 is 11.8 Å². The Morgan fingerprint density at radius 1 is 1.05 bits per heavy atom. The van der Waals surface area contributed by atoms with Crippen molar-refractivity contribution in [3.63, 3.8) is 0 Å². The van der Waals surface area contributed by atoms with E-state index in [1.54, 1.807) is 11.8 Å². The van der Waals surface area contributed by atoms with Crippen molar-refractivity contribution in [1.29, 1.82) is 0 Å². The molecule has 2 aromatic rings. The fourth-order valence-electron chi connectivity index (χ4n) is 1.74. The van der Waals surface area contributed by atoms with E-state index in [-0.39, 0.29) is 5.91 Å². The second-order valence-corrected chi connectivity index (χ2v) is 7.23. The lowest BCUT2D eigenvalue weighted by Gasteiger charge is -2.19. The standard InChI is InChI=1S/C18H21NOS/c1-13-10-11-15(19-17(20)18(2,3)4)16(12-13)21-14-8-6-5-7-9-14/h5-12H,1-4H3,(H,19,20). The van der Waals surface area contributed by atoms with Crippen molar-refractivity contribution in [2.24, 2.45) is 5.41 Å². The molecule has 0 radical (unpaired) electrons. The van der Waals surface area contributed by atoms with Crippen LogP contribution in [-0.4, -0.2) is 5.91 Å². The predicted molar refractivity (Wildman–Crippen MR) is 89.8 cm³/mol. The molecule has 0 aliphatic rings. The predicted octanol–water partition coefficient (Wildman–Crippen LogP) is 5.13. The highest BCUT2D eigenvalue weighted by molar-refractivity contribution is 7.99. The molecule has 110 valence electrons. The van der Waals surface area contributed by atoms with E-state index < -0.39 is 5.41 Å². The SMILES string of the molecule is Cc1ccc(NC(=O)C(C)(C)C)c(Sc2ccccc2)c1. The van der Waals surface area contributed by atoms with Crippen LogP contribution in [0.1, 0.15) is 26.3 Å². The maximum Gasteiger partial charge on any atom is 0.229 e. The van der Waals surface area contributed by atoms with Gasteiger partial charge in [-0.15, -0.1) is 0 Å². The Balaban J connectivity index is 2.28. The number of amides is 1. The lowest BCUT2D eigenvalue weighted by Crippen LogP contribution is -2.27. The Morgan fingerprint density at radius 3 is 2.33 bits per heavy atom. The Kier molecular flexibility index (Phi) is 4.73. The van der Waals surface area contributed by atoms with Gasteiger partial charge in [0, 0.05) is 15.2 Å². The molecule has 2 nitrogen and oxygen atoms in total. The van der Waals surface area contributed by atoms with Crippen LogP contribution in [0.15, 0.2) is 58.3 Å². The van der Waals surface area contributed by atoms with Crippen LogP contribution in [0.5, 0.6) is 0 Å². The Hall–Kier alpha value is -1.74. The molecule has 0 heterocycles. The Morgan fingerprint density at radius 2 is 1.71 bits per heavy atom. The Labute approximate surface area is 131 Å². The molecular formula is C18H21NOS. The molecule has 3 heteroatoms. The number of carbonyl (C=O) groups excluding carboxylic acids is 1. The Bertz CT molecular complexity index is 629. The van der Waals surface area contributed by atoms with E-state index in [9.17, 15) is 4.79 Å². The smallest absolute Gasteiger partial charge is 0.229 e. The van der Waals surface area contributed by atoms with Gasteiger partial charge in [0.15, 0.2) is 0 Å². The highest BCUT2D eigenvalue weighted by Gasteiger charge is 2.22. The third-order valence-corrected chi connectivity index (χ3v) is 4.10. The minimum Gasteiger partial charge on any atom is -0.325 e. The van der Waals surface area contributed by atoms with E-state index in [1.165, 1.54) is 5.56 Å².